The maximum atomic E-state index is 13.2. The lowest BCUT2D eigenvalue weighted by Crippen LogP contribution is -2.38. The maximum absolute atomic E-state index is 13.2. The van der Waals surface area contributed by atoms with E-state index in [0.29, 0.717) is 23.7 Å². The first kappa shape index (κ1) is 35.7. The summed E-state index contributed by atoms with van der Waals surface area (Å²) in [5.74, 6) is 0.404. The van der Waals surface area contributed by atoms with Crippen molar-refractivity contribution in [2.45, 2.75) is 89.7 Å². The molecule has 6 nitrogen and oxygen atoms in total. The monoisotopic (exact) mass is 656 g/mol. The Hall–Kier alpha value is -4.13. The molecule has 0 saturated carbocycles. The summed E-state index contributed by atoms with van der Waals surface area (Å²) >= 11 is 6.07. The molecule has 0 bridgehead atoms. The average molecular weight is 657 g/mol. The molecule has 0 aromatic heterocycles. The van der Waals surface area contributed by atoms with Crippen molar-refractivity contribution in [3.8, 4) is 11.5 Å². The molecule has 47 heavy (non-hydrogen) atoms. The van der Waals surface area contributed by atoms with Gasteiger partial charge in [-0.3, -0.25) is 0 Å². The molecule has 0 fully saturated rings. The summed E-state index contributed by atoms with van der Waals surface area (Å²) in [6.07, 6.45) is 8.48. The van der Waals surface area contributed by atoms with Gasteiger partial charge >= 0.3 is 11.9 Å². The van der Waals surface area contributed by atoms with E-state index in [1.165, 1.54) is 0 Å². The quantitative estimate of drug-likeness (QED) is 0.126. The number of alkyl halides is 1. The van der Waals surface area contributed by atoms with Crippen LogP contribution < -0.4 is 9.47 Å². The largest absolute Gasteiger partial charge is 0.476 e. The fourth-order valence-corrected chi connectivity index (χ4v) is 5.23. The predicted octanol–water partition coefficient (Wildman–Crippen LogP) is 8.88. The summed E-state index contributed by atoms with van der Waals surface area (Å²) < 4.78 is 17.3. The molecule has 0 heterocycles. The highest BCUT2D eigenvalue weighted by molar-refractivity contribution is 6.33. The van der Waals surface area contributed by atoms with Gasteiger partial charge in [-0.15, -0.1) is 11.6 Å². The van der Waals surface area contributed by atoms with E-state index in [0.717, 1.165) is 27.8 Å². The van der Waals surface area contributed by atoms with Gasteiger partial charge in [0.15, 0.2) is 0 Å². The third kappa shape index (κ3) is 8.62. The van der Waals surface area contributed by atoms with Crippen molar-refractivity contribution < 1.29 is 28.9 Å². The first-order valence-electron chi connectivity index (χ1n) is 15.8. The molecule has 0 aliphatic heterocycles. The van der Waals surface area contributed by atoms with Gasteiger partial charge in [-0.1, -0.05) is 94.0 Å². The number of rotatable bonds is 11. The van der Waals surface area contributed by atoms with Gasteiger partial charge in [0.05, 0.1) is 6.61 Å². The van der Waals surface area contributed by atoms with Gasteiger partial charge < -0.3 is 19.3 Å². The summed E-state index contributed by atoms with van der Waals surface area (Å²) in [6, 6.07) is 22.9. The Morgan fingerprint density at radius 1 is 0.681 bits per heavy atom. The summed E-state index contributed by atoms with van der Waals surface area (Å²) in [5.41, 5.74) is 3.39. The zero-order valence-electron chi connectivity index (χ0n) is 28.5. The van der Waals surface area contributed by atoms with E-state index >= 15 is 0 Å². The van der Waals surface area contributed by atoms with Crippen molar-refractivity contribution in [1.82, 2.24) is 0 Å². The van der Waals surface area contributed by atoms with E-state index in [4.69, 9.17) is 25.8 Å². The van der Waals surface area contributed by atoms with Crippen molar-refractivity contribution in [3.63, 3.8) is 0 Å². The van der Waals surface area contributed by atoms with Crippen LogP contribution in [0.3, 0.4) is 0 Å². The van der Waals surface area contributed by atoms with Crippen LogP contribution in [0.2, 0.25) is 0 Å². The van der Waals surface area contributed by atoms with E-state index in [-0.39, 0.29) is 17.4 Å². The molecule has 0 saturated heterocycles. The second-order valence-electron chi connectivity index (χ2n) is 13.9. The number of esters is 2. The minimum Gasteiger partial charge on any atom is -0.476 e. The molecule has 3 aromatic rings. The molecule has 1 aliphatic carbocycles. The highest BCUT2D eigenvalue weighted by atomic mass is 35.5. The van der Waals surface area contributed by atoms with Gasteiger partial charge in [-0.2, -0.15) is 0 Å². The number of halogens is 1. The number of ether oxygens (including phenoxy) is 3. The zero-order chi connectivity index (χ0) is 34.6. The van der Waals surface area contributed by atoms with Gasteiger partial charge in [0, 0.05) is 10.8 Å². The van der Waals surface area contributed by atoms with Crippen LogP contribution in [0.25, 0.3) is 0 Å². The van der Waals surface area contributed by atoms with Crippen molar-refractivity contribution >= 4 is 23.5 Å². The van der Waals surface area contributed by atoms with E-state index in [1.54, 1.807) is 52.0 Å². The van der Waals surface area contributed by atoms with Crippen LogP contribution >= 0.6 is 11.6 Å². The molecule has 0 amide bonds. The number of hydrogen-bond acceptors (Lipinski definition) is 6. The molecule has 0 radical (unpaired) electrons. The van der Waals surface area contributed by atoms with Crippen molar-refractivity contribution in [3.05, 3.63) is 131 Å². The average Bonchev–Trinajstić information content (AvgIpc) is 3.27. The number of aliphatic hydroxyl groups is 1. The number of benzene rings is 3. The SMILES string of the molecule is CC(C)(Cl)C(=O)Oc1ccc(C(C)(C)C2=CC=C(OC(C)(C)C(=O)Oc3ccc(C(C)(C)c4ccc(CO)cc4)cc3)C=CC2)cc1. The van der Waals surface area contributed by atoms with Gasteiger partial charge in [-0.05, 0) is 92.8 Å². The van der Waals surface area contributed by atoms with Gasteiger partial charge in [-0.25, -0.2) is 9.59 Å². The summed E-state index contributed by atoms with van der Waals surface area (Å²) in [4.78, 5) is 24.3. The minimum atomic E-state index is -1.25. The lowest BCUT2D eigenvalue weighted by atomic mass is 9.76. The van der Waals surface area contributed by atoms with Gasteiger partial charge in [0.25, 0.3) is 0 Å². The van der Waals surface area contributed by atoms with E-state index in [1.807, 2.05) is 72.8 Å². The molecule has 0 atom stereocenters. The summed E-state index contributed by atoms with van der Waals surface area (Å²) in [5, 5.41) is 9.36. The summed E-state index contributed by atoms with van der Waals surface area (Å²) in [7, 11) is 0. The van der Waals surface area contributed by atoms with Crippen molar-refractivity contribution in [2.75, 3.05) is 0 Å². The summed E-state index contributed by atoms with van der Waals surface area (Å²) in [6.45, 7) is 15.1. The predicted molar refractivity (Wildman–Crippen MR) is 187 cm³/mol. The number of hydrogen-bond donors (Lipinski definition) is 1. The first-order chi connectivity index (χ1) is 21.9. The van der Waals surface area contributed by atoms with Crippen LogP contribution in [0, 0.1) is 0 Å². The van der Waals surface area contributed by atoms with Gasteiger partial charge in [0.1, 0.15) is 22.1 Å². The minimum absolute atomic E-state index is 0.0105. The maximum Gasteiger partial charge on any atom is 0.355 e. The van der Waals surface area contributed by atoms with Crippen LogP contribution in [-0.2, 0) is 31.8 Å². The van der Waals surface area contributed by atoms with Crippen LogP contribution in [0.4, 0.5) is 0 Å². The molecule has 0 unspecified atom stereocenters. The first-order valence-corrected chi connectivity index (χ1v) is 16.1. The Morgan fingerprint density at radius 3 is 1.64 bits per heavy atom. The van der Waals surface area contributed by atoms with Crippen LogP contribution in [0.1, 0.15) is 84.1 Å². The number of allylic oxidation sites excluding steroid dienone is 5. The molecular formula is C40H45ClO6. The Bertz CT molecular complexity index is 1670. The fourth-order valence-electron chi connectivity index (χ4n) is 5.19. The van der Waals surface area contributed by atoms with E-state index < -0.39 is 22.4 Å². The molecule has 0 spiro atoms. The van der Waals surface area contributed by atoms with E-state index in [2.05, 4.69) is 27.7 Å². The number of aliphatic hydroxyl groups excluding tert-OH is 1. The molecule has 1 aliphatic rings. The van der Waals surface area contributed by atoms with Crippen molar-refractivity contribution in [2.24, 2.45) is 0 Å². The van der Waals surface area contributed by atoms with E-state index in [9.17, 15) is 14.7 Å². The second kappa shape index (κ2) is 13.9. The third-order valence-corrected chi connectivity index (χ3v) is 8.81. The van der Waals surface area contributed by atoms with Gasteiger partial charge in [0.2, 0.25) is 5.60 Å². The highest BCUT2D eigenvalue weighted by Gasteiger charge is 2.34. The molecular weight excluding hydrogens is 612 g/mol. The standard InChI is InChI=1S/C40H45ClO6/c1-37(2,30-16-21-32(22-17-30)45-35(43)39(5,6)41)28-10-9-11-34(25-20-28)47-40(7,8)36(44)46-33-23-18-31(19-24-33)38(3,4)29-14-12-27(26-42)13-15-29/h9,11-25,42H,10,26H2,1-8H3. The number of carbonyl (C=O) groups excluding carboxylic acids is 2. The number of carbonyl (C=O) groups is 2. The Labute approximate surface area is 283 Å². The molecule has 3 aromatic carbocycles. The smallest absolute Gasteiger partial charge is 0.355 e. The van der Waals surface area contributed by atoms with Crippen LogP contribution in [-0.4, -0.2) is 27.5 Å². The third-order valence-electron chi connectivity index (χ3n) is 8.65. The lowest BCUT2D eigenvalue weighted by Gasteiger charge is -2.28. The normalized spacial score (nSPS) is 14.1. The fraction of sp³-hybridized carbons (Fsp3) is 0.350. The molecule has 7 heteroatoms. The second-order valence-corrected chi connectivity index (χ2v) is 14.8. The molecule has 1 N–H and O–H groups in total. The Morgan fingerprint density at radius 2 is 1.15 bits per heavy atom. The van der Waals surface area contributed by atoms with Crippen molar-refractivity contribution in [1.29, 1.82) is 0 Å². The Balaban J connectivity index is 1.41. The van der Waals surface area contributed by atoms with Crippen LogP contribution in [0.15, 0.2) is 108 Å². The van der Waals surface area contributed by atoms with Crippen LogP contribution in [0.5, 0.6) is 11.5 Å². The zero-order valence-corrected chi connectivity index (χ0v) is 29.3. The molecule has 4 rings (SSSR count). The highest BCUT2D eigenvalue weighted by Crippen LogP contribution is 2.37. The molecule has 248 valence electrons. The Kier molecular flexibility index (Phi) is 10.6. The lowest BCUT2D eigenvalue weighted by molar-refractivity contribution is -0.153. The topological polar surface area (TPSA) is 82.1 Å².